The van der Waals surface area contributed by atoms with E-state index in [1.807, 2.05) is 11.5 Å². The van der Waals surface area contributed by atoms with Crippen LogP contribution in [0.4, 0.5) is 0 Å². The zero-order chi connectivity index (χ0) is 20.2. The van der Waals surface area contributed by atoms with Crippen molar-refractivity contribution in [3.63, 3.8) is 0 Å². The Morgan fingerprint density at radius 2 is 1.85 bits per heavy atom. The number of aromatic nitrogens is 3. The highest BCUT2D eigenvalue weighted by atomic mass is 35.5. The molecule has 1 aromatic carbocycles. The van der Waals surface area contributed by atoms with Crippen LogP contribution in [0.25, 0.3) is 0 Å². The number of hydrogen-bond acceptors (Lipinski definition) is 5. The van der Waals surface area contributed by atoms with Gasteiger partial charge in [-0.1, -0.05) is 44.1 Å². The molecule has 0 saturated carbocycles. The Labute approximate surface area is 171 Å². The first kappa shape index (κ1) is 22.2. The molecule has 0 amide bonds. The minimum atomic E-state index is -3.67. The summed E-state index contributed by atoms with van der Waals surface area (Å²) in [7, 11) is -3.67. The third-order valence-electron chi connectivity index (χ3n) is 3.99. The highest BCUT2D eigenvalue weighted by molar-refractivity contribution is 7.99. The van der Waals surface area contributed by atoms with Crippen LogP contribution in [-0.2, 0) is 16.6 Å². The molecule has 0 spiro atoms. The Bertz CT molecular complexity index is 858. The second-order valence-electron chi connectivity index (χ2n) is 7.54. The molecule has 0 aliphatic carbocycles. The van der Waals surface area contributed by atoms with Crippen molar-refractivity contribution in [3.05, 3.63) is 35.1 Å². The number of rotatable bonds is 8. The molecule has 27 heavy (non-hydrogen) atoms. The lowest BCUT2D eigenvalue weighted by Crippen LogP contribution is -2.29. The van der Waals surface area contributed by atoms with E-state index in [-0.39, 0.29) is 10.3 Å². The van der Waals surface area contributed by atoms with Crippen LogP contribution in [0.15, 0.2) is 34.3 Å². The minimum Gasteiger partial charge on any atom is -0.305 e. The average Bonchev–Trinajstić information content (AvgIpc) is 2.96. The standard InChI is InChI=1S/C18H27ClN4O2S2/c1-6-23-16(20-21-17(23)26-12-11-18(3,4)5)13(2)22-27(24,25)15-9-7-14(19)8-10-15/h7-10,13,22H,6,11-12H2,1-5H3/t13-/m1/s1. The highest BCUT2D eigenvalue weighted by Gasteiger charge is 2.23. The van der Waals surface area contributed by atoms with Crippen molar-refractivity contribution in [3.8, 4) is 0 Å². The summed E-state index contributed by atoms with van der Waals surface area (Å²) in [5, 5.41) is 9.81. The molecule has 0 fully saturated rings. The number of hydrogen-bond donors (Lipinski definition) is 1. The van der Waals surface area contributed by atoms with Gasteiger partial charge in [0.05, 0.1) is 10.9 Å². The van der Waals surface area contributed by atoms with Gasteiger partial charge in [0.15, 0.2) is 11.0 Å². The van der Waals surface area contributed by atoms with Crippen LogP contribution in [0, 0.1) is 5.41 Å². The smallest absolute Gasteiger partial charge is 0.241 e. The van der Waals surface area contributed by atoms with Crippen molar-refractivity contribution in [2.45, 2.75) is 63.7 Å². The predicted molar refractivity (Wildman–Crippen MR) is 111 cm³/mol. The van der Waals surface area contributed by atoms with Gasteiger partial charge in [0, 0.05) is 17.3 Å². The SMILES string of the molecule is CCn1c(SCCC(C)(C)C)nnc1[C@@H](C)NS(=O)(=O)c1ccc(Cl)cc1. The predicted octanol–water partition coefficient (Wildman–Crippen LogP) is 4.52. The van der Waals surface area contributed by atoms with Gasteiger partial charge in [0.1, 0.15) is 0 Å². The highest BCUT2D eigenvalue weighted by Crippen LogP contribution is 2.27. The van der Waals surface area contributed by atoms with Crippen LogP contribution in [0.3, 0.4) is 0 Å². The largest absolute Gasteiger partial charge is 0.305 e. The van der Waals surface area contributed by atoms with Gasteiger partial charge < -0.3 is 4.57 Å². The second-order valence-corrected chi connectivity index (χ2v) is 10.8. The lowest BCUT2D eigenvalue weighted by molar-refractivity contribution is 0.401. The van der Waals surface area contributed by atoms with E-state index in [1.165, 1.54) is 12.1 Å². The van der Waals surface area contributed by atoms with Crippen LogP contribution < -0.4 is 4.72 Å². The van der Waals surface area contributed by atoms with Crippen LogP contribution >= 0.6 is 23.4 Å². The summed E-state index contributed by atoms with van der Waals surface area (Å²) >= 11 is 7.49. The quantitative estimate of drug-likeness (QED) is 0.623. The summed E-state index contributed by atoms with van der Waals surface area (Å²) < 4.78 is 29.8. The fourth-order valence-electron chi connectivity index (χ4n) is 2.44. The Morgan fingerprint density at radius 1 is 1.22 bits per heavy atom. The van der Waals surface area contributed by atoms with E-state index in [2.05, 4.69) is 35.7 Å². The molecule has 1 aromatic heterocycles. The second kappa shape index (κ2) is 8.94. The van der Waals surface area contributed by atoms with Gasteiger partial charge in [-0.25, -0.2) is 13.1 Å². The lowest BCUT2D eigenvalue weighted by Gasteiger charge is -2.18. The summed E-state index contributed by atoms with van der Waals surface area (Å²) in [6.07, 6.45) is 1.06. The third kappa shape index (κ3) is 6.20. The maximum Gasteiger partial charge on any atom is 0.241 e. The van der Waals surface area contributed by atoms with E-state index < -0.39 is 16.1 Å². The van der Waals surface area contributed by atoms with Crippen LogP contribution in [-0.4, -0.2) is 28.9 Å². The van der Waals surface area contributed by atoms with Gasteiger partial charge in [-0.05, 0) is 49.9 Å². The van der Waals surface area contributed by atoms with E-state index in [1.54, 1.807) is 30.8 Å². The maximum atomic E-state index is 12.6. The molecule has 2 rings (SSSR count). The number of thioether (sulfide) groups is 1. The van der Waals surface area contributed by atoms with Crippen molar-refractivity contribution in [2.75, 3.05) is 5.75 Å². The van der Waals surface area contributed by atoms with Crippen LogP contribution in [0.5, 0.6) is 0 Å². The zero-order valence-corrected chi connectivity index (χ0v) is 18.7. The first-order valence-corrected chi connectivity index (χ1v) is 11.7. The van der Waals surface area contributed by atoms with Gasteiger partial charge in [-0.15, -0.1) is 10.2 Å². The van der Waals surface area contributed by atoms with E-state index in [0.717, 1.165) is 17.3 Å². The first-order chi connectivity index (χ1) is 12.5. The molecule has 1 heterocycles. The van der Waals surface area contributed by atoms with Crippen molar-refractivity contribution in [1.29, 1.82) is 0 Å². The Morgan fingerprint density at radius 3 is 2.41 bits per heavy atom. The van der Waals surface area contributed by atoms with Crippen molar-refractivity contribution < 1.29 is 8.42 Å². The Balaban J connectivity index is 2.14. The number of sulfonamides is 1. The zero-order valence-electron chi connectivity index (χ0n) is 16.4. The number of nitrogens with one attached hydrogen (secondary N) is 1. The van der Waals surface area contributed by atoms with Gasteiger partial charge in [-0.3, -0.25) is 0 Å². The summed E-state index contributed by atoms with van der Waals surface area (Å²) in [6.45, 7) is 11.1. The van der Waals surface area contributed by atoms with Crippen molar-refractivity contribution in [2.24, 2.45) is 5.41 Å². The fraction of sp³-hybridized carbons (Fsp3) is 0.556. The summed E-state index contributed by atoms with van der Waals surface area (Å²) in [4.78, 5) is 0.168. The first-order valence-electron chi connectivity index (χ1n) is 8.87. The maximum absolute atomic E-state index is 12.6. The number of nitrogens with zero attached hydrogens (tertiary/aromatic N) is 3. The van der Waals surface area contributed by atoms with Gasteiger partial charge in [0.25, 0.3) is 0 Å². The monoisotopic (exact) mass is 430 g/mol. The van der Waals surface area contributed by atoms with Gasteiger partial charge in [0.2, 0.25) is 10.0 Å². The molecule has 2 aromatic rings. The summed E-state index contributed by atoms with van der Waals surface area (Å²) in [5.74, 6) is 1.54. The number of halogens is 1. The molecular formula is C18H27ClN4O2S2. The van der Waals surface area contributed by atoms with Crippen LogP contribution in [0.1, 0.15) is 52.9 Å². The van der Waals surface area contributed by atoms with Gasteiger partial charge in [-0.2, -0.15) is 0 Å². The van der Waals surface area contributed by atoms with E-state index in [4.69, 9.17) is 11.6 Å². The molecule has 1 N–H and O–H groups in total. The molecule has 150 valence electrons. The lowest BCUT2D eigenvalue weighted by atomic mass is 9.94. The third-order valence-corrected chi connectivity index (χ3v) is 6.77. The van der Waals surface area contributed by atoms with Crippen molar-refractivity contribution in [1.82, 2.24) is 19.5 Å². The Kier molecular flexibility index (Phi) is 7.35. The van der Waals surface area contributed by atoms with E-state index in [9.17, 15) is 8.42 Å². The molecule has 6 nitrogen and oxygen atoms in total. The van der Waals surface area contributed by atoms with Crippen molar-refractivity contribution >= 4 is 33.4 Å². The molecule has 0 bridgehead atoms. The van der Waals surface area contributed by atoms with Crippen LogP contribution in [0.2, 0.25) is 5.02 Å². The van der Waals surface area contributed by atoms with E-state index >= 15 is 0 Å². The summed E-state index contributed by atoms with van der Waals surface area (Å²) in [5.41, 5.74) is 0.258. The average molecular weight is 431 g/mol. The number of benzene rings is 1. The molecule has 0 saturated heterocycles. The fourth-order valence-corrected chi connectivity index (χ4v) is 5.14. The summed E-state index contributed by atoms with van der Waals surface area (Å²) in [6, 6.07) is 5.57. The topological polar surface area (TPSA) is 76.9 Å². The molecule has 0 aliphatic rings. The normalized spacial score (nSPS) is 13.7. The Hall–Kier alpha value is -1.09. The molecule has 1 atom stereocenters. The molecule has 0 unspecified atom stereocenters. The minimum absolute atomic E-state index is 0.168. The van der Waals surface area contributed by atoms with Gasteiger partial charge >= 0.3 is 0 Å². The van der Waals surface area contributed by atoms with E-state index in [0.29, 0.717) is 17.4 Å². The molecule has 0 aliphatic heterocycles. The molecule has 0 radical (unpaired) electrons. The molecule has 9 heteroatoms. The molecular weight excluding hydrogens is 404 g/mol.